The molecule has 1 heterocycles. The Morgan fingerprint density at radius 3 is 2.68 bits per heavy atom. The molecule has 0 saturated carbocycles. The van der Waals surface area contributed by atoms with Crippen LogP contribution in [0, 0.1) is 10.1 Å². The number of hydrogen-bond acceptors (Lipinski definition) is 6. The van der Waals surface area contributed by atoms with Crippen molar-refractivity contribution in [3.8, 4) is 17.1 Å². The molecule has 0 spiro atoms. The van der Waals surface area contributed by atoms with Crippen LogP contribution in [0.2, 0.25) is 5.02 Å². The van der Waals surface area contributed by atoms with Gasteiger partial charge in [-0.25, -0.2) is 5.43 Å². The van der Waals surface area contributed by atoms with Crippen molar-refractivity contribution in [2.24, 2.45) is 5.10 Å². The molecule has 4 aromatic rings. The molecule has 8 nitrogen and oxygen atoms in total. The quantitative estimate of drug-likeness (QED) is 0.195. The van der Waals surface area contributed by atoms with Crippen molar-refractivity contribution in [3.63, 3.8) is 0 Å². The highest BCUT2D eigenvalue weighted by Crippen LogP contribution is 2.25. The number of furan rings is 1. The van der Waals surface area contributed by atoms with Gasteiger partial charge in [0.15, 0.2) is 0 Å². The van der Waals surface area contributed by atoms with Crippen molar-refractivity contribution >= 4 is 29.4 Å². The van der Waals surface area contributed by atoms with Gasteiger partial charge in [-0.3, -0.25) is 14.9 Å². The lowest BCUT2D eigenvalue weighted by Crippen LogP contribution is -2.18. The molecular formula is C25H18ClN3O5. The molecule has 0 aliphatic rings. The van der Waals surface area contributed by atoms with E-state index in [1.165, 1.54) is 18.3 Å². The number of rotatable bonds is 8. The Morgan fingerprint density at radius 1 is 1.06 bits per heavy atom. The summed E-state index contributed by atoms with van der Waals surface area (Å²) in [7, 11) is 0. The number of ether oxygens (including phenoxy) is 1. The first-order valence-electron chi connectivity index (χ1n) is 10.1. The Balaban J connectivity index is 1.41. The van der Waals surface area contributed by atoms with Gasteiger partial charge in [0.25, 0.3) is 11.6 Å². The Bertz CT molecular complexity index is 1370. The molecule has 1 amide bonds. The number of non-ortho nitro benzene ring substituents is 1. The molecule has 0 aliphatic carbocycles. The average Bonchev–Trinajstić information content (AvgIpc) is 3.33. The van der Waals surface area contributed by atoms with E-state index in [1.807, 2.05) is 18.2 Å². The number of carbonyl (C=O) groups is 1. The van der Waals surface area contributed by atoms with Crippen molar-refractivity contribution < 1.29 is 18.9 Å². The lowest BCUT2D eigenvalue weighted by Gasteiger charge is -2.11. The summed E-state index contributed by atoms with van der Waals surface area (Å²) < 4.78 is 11.5. The van der Waals surface area contributed by atoms with Crippen LogP contribution < -0.4 is 10.2 Å². The fraction of sp³-hybridized carbons (Fsp3) is 0.0400. The van der Waals surface area contributed by atoms with Gasteiger partial charge < -0.3 is 9.15 Å². The molecular weight excluding hydrogens is 458 g/mol. The van der Waals surface area contributed by atoms with E-state index in [-0.39, 0.29) is 12.3 Å². The molecule has 0 saturated heterocycles. The number of nitrogens with one attached hydrogen (secondary N) is 1. The summed E-state index contributed by atoms with van der Waals surface area (Å²) in [5, 5.41) is 15.5. The smallest absolute Gasteiger partial charge is 0.275 e. The van der Waals surface area contributed by atoms with Gasteiger partial charge >= 0.3 is 0 Å². The molecule has 0 bridgehead atoms. The fourth-order valence-electron chi connectivity index (χ4n) is 3.12. The van der Waals surface area contributed by atoms with Gasteiger partial charge in [-0.15, -0.1) is 0 Å². The van der Waals surface area contributed by atoms with Crippen molar-refractivity contribution in [3.05, 3.63) is 117 Å². The maximum atomic E-state index is 12.6. The molecule has 0 radical (unpaired) electrons. The molecule has 0 aliphatic heterocycles. The Labute approximate surface area is 199 Å². The van der Waals surface area contributed by atoms with Gasteiger partial charge in [0.1, 0.15) is 23.9 Å². The van der Waals surface area contributed by atoms with Crippen LogP contribution >= 0.6 is 11.6 Å². The highest BCUT2D eigenvalue weighted by atomic mass is 35.5. The van der Waals surface area contributed by atoms with Crippen LogP contribution in [0.25, 0.3) is 11.3 Å². The first-order valence-corrected chi connectivity index (χ1v) is 10.5. The van der Waals surface area contributed by atoms with E-state index >= 15 is 0 Å². The van der Waals surface area contributed by atoms with E-state index in [0.717, 1.165) is 5.56 Å². The van der Waals surface area contributed by atoms with Gasteiger partial charge in [-0.1, -0.05) is 54.1 Å². The number of nitrogens with zero attached hydrogens (tertiary/aromatic N) is 2. The molecule has 4 rings (SSSR count). The SMILES string of the molecule is O=C(N/N=C/c1ccc(-c2cccc([N+](=O)[O-])c2)o1)c1ccccc1OCc1ccccc1Cl. The minimum absolute atomic E-state index is 0.0354. The first-order chi connectivity index (χ1) is 16.5. The third kappa shape index (κ3) is 5.48. The maximum absolute atomic E-state index is 12.6. The number of benzene rings is 3. The van der Waals surface area contributed by atoms with Gasteiger partial charge in [0, 0.05) is 28.3 Å². The lowest BCUT2D eigenvalue weighted by atomic mass is 10.1. The minimum Gasteiger partial charge on any atom is -0.488 e. The zero-order valence-corrected chi connectivity index (χ0v) is 18.4. The second-order valence-electron chi connectivity index (χ2n) is 7.08. The summed E-state index contributed by atoms with van der Waals surface area (Å²) in [4.78, 5) is 23.1. The van der Waals surface area contributed by atoms with Crippen LogP contribution in [-0.2, 0) is 6.61 Å². The number of para-hydroxylation sites is 1. The molecule has 0 unspecified atom stereocenters. The predicted octanol–water partition coefficient (Wildman–Crippen LogP) is 5.85. The molecule has 0 atom stereocenters. The summed E-state index contributed by atoms with van der Waals surface area (Å²) in [6.45, 7) is 0.208. The predicted molar refractivity (Wildman–Crippen MR) is 128 cm³/mol. The summed E-state index contributed by atoms with van der Waals surface area (Å²) in [6.07, 6.45) is 1.34. The zero-order valence-electron chi connectivity index (χ0n) is 17.7. The van der Waals surface area contributed by atoms with Gasteiger partial charge in [0.05, 0.1) is 16.7 Å². The van der Waals surface area contributed by atoms with Gasteiger partial charge in [0.2, 0.25) is 0 Å². The Kier molecular flexibility index (Phi) is 7.00. The largest absolute Gasteiger partial charge is 0.488 e. The number of hydrazone groups is 1. The number of nitro groups is 1. The van der Waals surface area contributed by atoms with E-state index in [4.69, 9.17) is 20.8 Å². The normalized spacial score (nSPS) is 10.9. The second-order valence-corrected chi connectivity index (χ2v) is 7.49. The number of hydrogen-bond donors (Lipinski definition) is 1. The third-order valence-electron chi connectivity index (χ3n) is 4.80. The van der Waals surface area contributed by atoms with Crippen LogP contribution in [0.3, 0.4) is 0 Å². The molecule has 0 fully saturated rings. The molecule has 3 aromatic carbocycles. The van der Waals surface area contributed by atoms with Crippen molar-refractivity contribution in [1.29, 1.82) is 0 Å². The van der Waals surface area contributed by atoms with E-state index in [9.17, 15) is 14.9 Å². The van der Waals surface area contributed by atoms with Crippen LogP contribution in [0.15, 0.2) is 94.4 Å². The van der Waals surface area contributed by atoms with Crippen molar-refractivity contribution in [2.45, 2.75) is 6.61 Å². The Morgan fingerprint density at radius 2 is 1.85 bits per heavy atom. The molecule has 9 heteroatoms. The molecule has 170 valence electrons. The van der Waals surface area contributed by atoms with Gasteiger partial charge in [-0.05, 0) is 30.3 Å². The standard InChI is InChI=1S/C25H18ClN3O5/c26-22-10-3-1-6-18(22)16-33-24-11-4-2-9-21(24)25(30)28-27-15-20-12-13-23(34-20)17-7-5-8-19(14-17)29(31)32/h1-15H,16H2,(H,28,30)/b27-15+. The average molecular weight is 476 g/mol. The van der Waals surface area contributed by atoms with E-state index in [0.29, 0.717) is 33.4 Å². The lowest BCUT2D eigenvalue weighted by molar-refractivity contribution is -0.384. The fourth-order valence-corrected chi connectivity index (χ4v) is 3.31. The Hall–Kier alpha value is -4.43. The topological polar surface area (TPSA) is 107 Å². The van der Waals surface area contributed by atoms with E-state index < -0.39 is 10.8 Å². The monoisotopic (exact) mass is 475 g/mol. The number of nitro benzene ring substituents is 1. The molecule has 34 heavy (non-hydrogen) atoms. The van der Waals surface area contributed by atoms with Gasteiger partial charge in [-0.2, -0.15) is 5.10 Å². The summed E-state index contributed by atoms with van der Waals surface area (Å²) >= 11 is 6.16. The number of halogens is 1. The van der Waals surface area contributed by atoms with Crippen LogP contribution in [0.1, 0.15) is 21.7 Å². The number of amides is 1. The second kappa shape index (κ2) is 10.5. The third-order valence-corrected chi connectivity index (χ3v) is 5.17. The maximum Gasteiger partial charge on any atom is 0.275 e. The van der Waals surface area contributed by atoms with Crippen molar-refractivity contribution in [2.75, 3.05) is 0 Å². The van der Waals surface area contributed by atoms with Crippen LogP contribution in [0.5, 0.6) is 5.75 Å². The minimum atomic E-state index is -0.472. The van der Waals surface area contributed by atoms with E-state index in [2.05, 4.69) is 10.5 Å². The van der Waals surface area contributed by atoms with Crippen molar-refractivity contribution in [1.82, 2.24) is 5.43 Å². The van der Waals surface area contributed by atoms with E-state index in [1.54, 1.807) is 54.6 Å². The number of carbonyl (C=O) groups excluding carboxylic acids is 1. The summed E-state index contributed by atoms with van der Waals surface area (Å²) in [5.74, 6) is 0.734. The zero-order chi connectivity index (χ0) is 23.9. The summed E-state index contributed by atoms with van der Waals surface area (Å²) in [6, 6.07) is 23.5. The molecule has 1 N–H and O–H groups in total. The highest BCUT2D eigenvalue weighted by Gasteiger charge is 2.13. The summed E-state index contributed by atoms with van der Waals surface area (Å²) in [5.41, 5.74) is 4.08. The molecule has 1 aromatic heterocycles. The highest BCUT2D eigenvalue weighted by molar-refractivity contribution is 6.31. The first kappa shape index (κ1) is 22.8. The van der Waals surface area contributed by atoms with Crippen LogP contribution in [0.4, 0.5) is 5.69 Å². The van der Waals surface area contributed by atoms with Crippen LogP contribution in [-0.4, -0.2) is 17.0 Å².